The van der Waals surface area contributed by atoms with E-state index in [0.29, 0.717) is 5.75 Å². The molecule has 0 unspecified atom stereocenters. The summed E-state index contributed by atoms with van der Waals surface area (Å²) in [5, 5.41) is 0.925. The van der Waals surface area contributed by atoms with E-state index in [1.807, 2.05) is 13.0 Å². The number of carbonyl (C=O) groups excluding carboxylic acids is 1. The van der Waals surface area contributed by atoms with Gasteiger partial charge in [0.2, 0.25) is 0 Å². The van der Waals surface area contributed by atoms with Crippen molar-refractivity contribution in [3.63, 3.8) is 0 Å². The van der Waals surface area contributed by atoms with Gasteiger partial charge in [-0.05, 0) is 18.6 Å². The molecule has 0 fully saturated rings. The summed E-state index contributed by atoms with van der Waals surface area (Å²) in [6, 6.07) is 5.43. The van der Waals surface area contributed by atoms with Gasteiger partial charge in [-0.15, -0.1) is 0 Å². The van der Waals surface area contributed by atoms with Crippen molar-refractivity contribution in [2.75, 3.05) is 14.2 Å². The van der Waals surface area contributed by atoms with Crippen LogP contribution < -0.4 is 9.92 Å². The average molecular weight is 251 g/mol. The van der Waals surface area contributed by atoms with Crippen LogP contribution in [0.25, 0.3) is 0 Å². The van der Waals surface area contributed by atoms with E-state index in [9.17, 15) is 4.79 Å². The molecule has 1 rings (SSSR count). The highest BCUT2D eigenvalue weighted by Crippen LogP contribution is 2.16. The summed E-state index contributed by atoms with van der Waals surface area (Å²) >= 11 is 0. The highest BCUT2D eigenvalue weighted by atomic mass is 28.3. The Morgan fingerprint density at radius 3 is 2.53 bits per heavy atom. The topological polar surface area (TPSA) is 44.8 Å². The lowest BCUT2D eigenvalue weighted by atomic mass is 10.2. The first-order valence-electron chi connectivity index (χ1n) is 5.03. The predicted molar refractivity (Wildman–Crippen MR) is 66.4 cm³/mol. The minimum Gasteiger partial charge on any atom is -0.423 e. The van der Waals surface area contributed by atoms with Crippen LogP contribution in [0.2, 0.25) is 0 Å². The molecule has 1 aromatic carbocycles. The molecule has 0 saturated carbocycles. The van der Waals surface area contributed by atoms with Crippen LogP contribution in [0.5, 0.6) is 5.75 Å². The molecular formula is C12H15O4Si. The first-order chi connectivity index (χ1) is 8.13. The van der Waals surface area contributed by atoms with Crippen molar-refractivity contribution in [1.82, 2.24) is 0 Å². The van der Waals surface area contributed by atoms with Gasteiger partial charge in [-0.1, -0.05) is 18.7 Å². The average Bonchev–Trinajstić information content (AvgIpc) is 2.35. The number of hydrogen-bond acceptors (Lipinski definition) is 4. The van der Waals surface area contributed by atoms with Crippen LogP contribution >= 0.6 is 0 Å². The van der Waals surface area contributed by atoms with Gasteiger partial charge in [-0.25, -0.2) is 4.79 Å². The van der Waals surface area contributed by atoms with Crippen molar-refractivity contribution in [3.05, 3.63) is 36.4 Å². The molecule has 17 heavy (non-hydrogen) atoms. The van der Waals surface area contributed by atoms with E-state index >= 15 is 0 Å². The first-order valence-corrected chi connectivity index (χ1v) is 6.34. The van der Waals surface area contributed by atoms with E-state index in [0.717, 1.165) is 16.8 Å². The van der Waals surface area contributed by atoms with E-state index in [1.165, 1.54) is 0 Å². The van der Waals surface area contributed by atoms with Gasteiger partial charge in [0.25, 0.3) is 0 Å². The van der Waals surface area contributed by atoms with Crippen molar-refractivity contribution in [2.24, 2.45) is 0 Å². The lowest BCUT2D eigenvalue weighted by Crippen LogP contribution is -2.36. The van der Waals surface area contributed by atoms with Crippen molar-refractivity contribution < 1.29 is 18.4 Å². The highest BCUT2D eigenvalue weighted by molar-refractivity contribution is 6.61. The van der Waals surface area contributed by atoms with Gasteiger partial charge in [0.15, 0.2) is 0 Å². The molecule has 0 amide bonds. The quantitative estimate of drug-likeness (QED) is 0.340. The molecule has 0 spiro atoms. The van der Waals surface area contributed by atoms with Crippen LogP contribution in [-0.2, 0) is 13.6 Å². The number of benzene rings is 1. The maximum Gasteiger partial charge on any atom is 0.423 e. The van der Waals surface area contributed by atoms with Gasteiger partial charge in [0.1, 0.15) is 5.75 Å². The van der Waals surface area contributed by atoms with Crippen molar-refractivity contribution in [2.45, 2.75) is 6.92 Å². The predicted octanol–water partition coefficient (Wildman–Crippen LogP) is 1.07. The Balaban J connectivity index is 3.06. The van der Waals surface area contributed by atoms with Crippen molar-refractivity contribution >= 4 is 20.4 Å². The maximum atomic E-state index is 11.2. The smallest absolute Gasteiger partial charge is 0.423 e. The minimum absolute atomic E-state index is 0.478. The fraction of sp³-hybridized carbons (Fsp3) is 0.250. The zero-order valence-corrected chi connectivity index (χ0v) is 11.1. The van der Waals surface area contributed by atoms with E-state index in [4.69, 9.17) is 13.6 Å². The molecule has 0 bridgehead atoms. The van der Waals surface area contributed by atoms with E-state index in [-0.39, 0.29) is 0 Å². The molecule has 0 heterocycles. The summed E-state index contributed by atoms with van der Waals surface area (Å²) < 4.78 is 15.7. The highest BCUT2D eigenvalue weighted by Gasteiger charge is 2.20. The lowest BCUT2D eigenvalue weighted by molar-refractivity contribution is -0.129. The van der Waals surface area contributed by atoms with Crippen molar-refractivity contribution in [1.29, 1.82) is 0 Å². The van der Waals surface area contributed by atoms with E-state index in [1.54, 1.807) is 26.4 Å². The number of esters is 1. The van der Waals surface area contributed by atoms with Crippen molar-refractivity contribution in [3.8, 4) is 5.75 Å². The van der Waals surface area contributed by atoms with Crippen LogP contribution in [0.3, 0.4) is 0 Å². The third-order valence-electron chi connectivity index (χ3n) is 2.25. The Hall–Kier alpha value is -1.43. The molecule has 0 atom stereocenters. The number of rotatable bonds is 5. The maximum absolute atomic E-state index is 11.2. The number of carbonyl (C=O) groups is 1. The molecule has 4 nitrogen and oxygen atoms in total. The second-order valence-electron chi connectivity index (χ2n) is 3.25. The van der Waals surface area contributed by atoms with Gasteiger partial charge in [0, 0.05) is 25.5 Å². The largest absolute Gasteiger partial charge is 0.423 e. The Labute approximate surface area is 103 Å². The monoisotopic (exact) mass is 251 g/mol. The summed E-state index contributed by atoms with van der Waals surface area (Å²) in [6.45, 7) is 5.22. The van der Waals surface area contributed by atoms with E-state index in [2.05, 4.69) is 6.58 Å². The van der Waals surface area contributed by atoms with Crippen LogP contribution in [0, 0.1) is 6.92 Å². The second kappa shape index (κ2) is 6.34. The molecule has 1 radical (unpaired) electrons. The Kier molecular flexibility index (Phi) is 5.08. The molecule has 91 valence electrons. The van der Waals surface area contributed by atoms with Gasteiger partial charge in [0.05, 0.1) is 0 Å². The van der Waals surface area contributed by atoms with Crippen LogP contribution in [0.4, 0.5) is 0 Å². The molecule has 0 aliphatic heterocycles. The Morgan fingerprint density at radius 1 is 1.35 bits per heavy atom. The second-order valence-corrected chi connectivity index (χ2v) is 5.18. The van der Waals surface area contributed by atoms with Crippen LogP contribution in [0.1, 0.15) is 5.56 Å². The fourth-order valence-corrected chi connectivity index (χ4v) is 2.67. The summed E-state index contributed by atoms with van der Waals surface area (Å²) in [4.78, 5) is 11.2. The normalized spacial score (nSPS) is 10.4. The van der Waals surface area contributed by atoms with Gasteiger partial charge in [-0.2, -0.15) is 0 Å². The van der Waals surface area contributed by atoms with E-state index < -0.39 is 15.3 Å². The molecule has 0 N–H and O–H groups in total. The summed E-state index contributed by atoms with van der Waals surface area (Å²) in [6.07, 6.45) is 1.13. The SMILES string of the molecule is C=CC(=O)Oc1cccc([Si](OC)OC)c1C. The third-order valence-corrected chi connectivity index (χ3v) is 3.98. The molecule has 0 aliphatic carbocycles. The number of hydrogen-bond donors (Lipinski definition) is 0. The van der Waals surface area contributed by atoms with Crippen LogP contribution in [-0.4, -0.2) is 29.5 Å². The minimum atomic E-state index is -1.51. The summed E-state index contributed by atoms with van der Waals surface area (Å²) in [5.41, 5.74) is 0.847. The van der Waals surface area contributed by atoms with Gasteiger partial charge >= 0.3 is 15.3 Å². The third kappa shape index (κ3) is 3.26. The Bertz CT molecular complexity index is 413. The molecular weight excluding hydrogens is 236 g/mol. The zero-order valence-electron chi connectivity index (χ0n) is 10.1. The van der Waals surface area contributed by atoms with Gasteiger partial charge < -0.3 is 13.6 Å². The molecule has 0 aromatic heterocycles. The lowest BCUT2D eigenvalue weighted by Gasteiger charge is -2.14. The summed E-state index contributed by atoms with van der Waals surface area (Å²) in [7, 11) is 1.68. The van der Waals surface area contributed by atoms with Crippen LogP contribution in [0.15, 0.2) is 30.9 Å². The fourth-order valence-electron chi connectivity index (χ4n) is 1.40. The Morgan fingerprint density at radius 2 is 2.00 bits per heavy atom. The molecule has 5 heteroatoms. The molecule has 0 saturated heterocycles. The standard InChI is InChI=1S/C12H15O4Si/c1-5-12(13)16-10-7-6-8-11(9(10)2)17(14-3)15-4/h5-8H,1H2,2-4H3. The zero-order chi connectivity index (χ0) is 12.8. The van der Waals surface area contributed by atoms with Gasteiger partial charge in [-0.3, -0.25) is 0 Å². The number of ether oxygens (including phenoxy) is 1. The molecule has 0 aliphatic rings. The first kappa shape index (κ1) is 13.6. The summed E-state index contributed by atoms with van der Waals surface area (Å²) in [5.74, 6) is 0.0258. The molecule has 1 aromatic rings.